The van der Waals surface area contributed by atoms with Crippen molar-refractivity contribution >= 4 is 24.0 Å². The Bertz CT molecular complexity index is 332. The van der Waals surface area contributed by atoms with E-state index in [9.17, 15) is 0 Å². The molecule has 2 heterocycles. The molecule has 2 rings (SSSR count). The monoisotopic (exact) mass is 277 g/mol. The second kappa shape index (κ2) is 7.69. The molecule has 1 aliphatic rings. The Morgan fingerprint density at radius 3 is 2.88 bits per heavy atom. The molecule has 0 unspecified atom stereocenters. The zero-order chi connectivity index (χ0) is 11.2. The molecule has 0 aliphatic carbocycles. The SMILES string of the molecule is Cl.Clc1nccc(OCCC2CCNCC2)n1. The predicted octanol–water partition coefficient (Wildman–Crippen LogP) is 2.32. The molecular weight excluding hydrogens is 261 g/mol. The topological polar surface area (TPSA) is 47.0 Å². The second-order valence-electron chi connectivity index (χ2n) is 3.99. The van der Waals surface area contributed by atoms with E-state index in [1.165, 1.54) is 12.8 Å². The van der Waals surface area contributed by atoms with Crippen LogP contribution in [0.5, 0.6) is 5.88 Å². The van der Waals surface area contributed by atoms with Gasteiger partial charge in [0.15, 0.2) is 0 Å². The molecule has 0 radical (unpaired) electrons. The summed E-state index contributed by atoms with van der Waals surface area (Å²) in [5, 5.41) is 3.59. The molecule has 0 spiro atoms. The van der Waals surface area contributed by atoms with Gasteiger partial charge in [-0.2, -0.15) is 4.98 Å². The fourth-order valence-electron chi connectivity index (χ4n) is 1.90. The number of piperidine rings is 1. The van der Waals surface area contributed by atoms with Crippen molar-refractivity contribution in [1.29, 1.82) is 0 Å². The van der Waals surface area contributed by atoms with Crippen molar-refractivity contribution in [3.05, 3.63) is 17.5 Å². The van der Waals surface area contributed by atoms with Gasteiger partial charge in [-0.3, -0.25) is 0 Å². The van der Waals surface area contributed by atoms with Crippen molar-refractivity contribution < 1.29 is 4.74 Å². The fraction of sp³-hybridized carbons (Fsp3) is 0.636. The van der Waals surface area contributed by atoms with E-state index in [0.717, 1.165) is 25.4 Å². The van der Waals surface area contributed by atoms with E-state index in [1.54, 1.807) is 12.3 Å². The van der Waals surface area contributed by atoms with E-state index in [4.69, 9.17) is 16.3 Å². The smallest absolute Gasteiger partial charge is 0.225 e. The number of hydrogen-bond donors (Lipinski definition) is 1. The third kappa shape index (κ3) is 5.06. The Kier molecular flexibility index (Phi) is 6.55. The molecule has 6 heteroatoms. The lowest BCUT2D eigenvalue weighted by Crippen LogP contribution is -2.28. The number of aromatic nitrogens is 2. The average Bonchev–Trinajstić information content (AvgIpc) is 2.30. The van der Waals surface area contributed by atoms with E-state index < -0.39 is 0 Å². The first-order valence-electron chi connectivity index (χ1n) is 5.66. The molecule has 96 valence electrons. The zero-order valence-electron chi connectivity index (χ0n) is 9.56. The molecule has 0 bridgehead atoms. The molecule has 17 heavy (non-hydrogen) atoms. The van der Waals surface area contributed by atoms with Gasteiger partial charge in [-0.25, -0.2) is 4.98 Å². The first-order valence-corrected chi connectivity index (χ1v) is 6.04. The first-order chi connectivity index (χ1) is 7.84. The number of nitrogens with zero attached hydrogens (tertiary/aromatic N) is 2. The Morgan fingerprint density at radius 1 is 1.41 bits per heavy atom. The fourth-order valence-corrected chi connectivity index (χ4v) is 2.04. The van der Waals surface area contributed by atoms with Crippen LogP contribution in [0.25, 0.3) is 0 Å². The second-order valence-corrected chi connectivity index (χ2v) is 4.33. The molecule has 0 amide bonds. The summed E-state index contributed by atoms with van der Waals surface area (Å²) >= 11 is 5.66. The third-order valence-electron chi connectivity index (χ3n) is 2.84. The largest absolute Gasteiger partial charge is 0.478 e. The summed E-state index contributed by atoms with van der Waals surface area (Å²) in [6, 6.07) is 1.73. The van der Waals surface area contributed by atoms with Gasteiger partial charge < -0.3 is 10.1 Å². The van der Waals surface area contributed by atoms with Crippen LogP contribution in [0, 0.1) is 5.92 Å². The summed E-state index contributed by atoms with van der Waals surface area (Å²) in [5.41, 5.74) is 0. The average molecular weight is 278 g/mol. The number of rotatable bonds is 4. The molecular formula is C11H17Cl2N3O. The Hall–Kier alpha value is -0.580. The highest BCUT2D eigenvalue weighted by atomic mass is 35.5. The Morgan fingerprint density at radius 2 is 2.18 bits per heavy atom. The molecule has 1 fully saturated rings. The summed E-state index contributed by atoms with van der Waals surface area (Å²) in [5.74, 6) is 1.34. The highest BCUT2D eigenvalue weighted by Gasteiger charge is 2.12. The van der Waals surface area contributed by atoms with Crippen LogP contribution >= 0.6 is 24.0 Å². The minimum absolute atomic E-state index is 0. The number of nitrogens with one attached hydrogen (secondary N) is 1. The van der Waals surface area contributed by atoms with Crippen molar-refractivity contribution in [3.8, 4) is 5.88 Å². The van der Waals surface area contributed by atoms with Crippen molar-refractivity contribution in [1.82, 2.24) is 15.3 Å². The van der Waals surface area contributed by atoms with Crippen molar-refractivity contribution in [3.63, 3.8) is 0 Å². The molecule has 1 aromatic heterocycles. The van der Waals surface area contributed by atoms with Crippen LogP contribution in [0.15, 0.2) is 12.3 Å². The summed E-state index contributed by atoms with van der Waals surface area (Å²) in [6.07, 6.45) is 5.18. The standard InChI is InChI=1S/C11H16ClN3O.ClH/c12-11-14-7-3-10(15-11)16-8-4-9-1-5-13-6-2-9;/h3,7,9,13H,1-2,4-6,8H2;1H. The third-order valence-corrected chi connectivity index (χ3v) is 3.02. The Labute approximate surface area is 113 Å². The summed E-state index contributed by atoms with van der Waals surface area (Å²) < 4.78 is 5.53. The van der Waals surface area contributed by atoms with Crippen LogP contribution in [0.3, 0.4) is 0 Å². The summed E-state index contributed by atoms with van der Waals surface area (Å²) in [4.78, 5) is 7.78. The van der Waals surface area contributed by atoms with Crippen molar-refractivity contribution in [2.75, 3.05) is 19.7 Å². The van der Waals surface area contributed by atoms with Gasteiger partial charge in [0.05, 0.1) is 6.61 Å². The van der Waals surface area contributed by atoms with Gasteiger partial charge in [-0.1, -0.05) is 0 Å². The molecule has 1 aromatic rings. The van der Waals surface area contributed by atoms with Gasteiger partial charge in [0.25, 0.3) is 0 Å². The molecule has 0 saturated carbocycles. The lowest BCUT2D eigenvalue weighted by molar-refractivity contribution is 0.245. The number of hydrogen-bond acceptors (Lipinski definition) is 4. The van der Waals surface area contributed by atoms with Gasteiger partial charge in [-0.15, -0.1) is 12.4 Å². The van der Waals surface area contributed by atoms with E-state index in [2.05, 4.69) is 15.3 Å². The van der Waals surface area contributed by atoms with Gasteiger partial charge in [0.2, 0.25) is 11.2 Å². The van der Waals surface area contributed by atoms with Crippen LogP contribution in [0.2, 0.25) is 5.28 Å². The molecule has 4 nitrogen and oxygen atoms in total. The van der Waals surface area contributed by atoms with E-state index in [-0.39, 0.29) is 17.7 Å². The van der Waals surface area contributed by atoms with Crippen LogP contribution < -0.4 is 10.1 Å². The normalized spacial score (nSPS) is 16.3. The highest BCUT2D eigenvalue weighted by Crippen LogP contribution is 2.16. The minimum atomic E-state index is 0. The quantitative estimate of drug-likeness (QED) is 0.859. The maximum Gasteiger partial charge on any atom is 0.225 e. The van der Waals surface area contributed by atoms with Crippen LogP contribution in [0.1, 0.15) is 19.3 Å². The summed E-state index contributed by atoms with van der Waals surface area (Å²) in [6.45, 7) is 2.96. The molecule has 0 aromatic carbocycles. The minimum Gasteiger partial charge on any atom is -0.478 e. The van der Waals surface area contributed by atoms with Crippen LogP contribution in [0.4, 0.5) is 0 Å². The zero-order valence-corrected chi connectivity index (χ0v) is 11.1. The van der Waals surface area contributed by atoms with Gasteiger partial charge in [0.1, 0.15) is 0 Å². The van der Waals surface area contributed by atoms with Crippen LogP contribution in [-0.2, 0) is 0 Å². The number of ether oxygens (including phenoxy) is 1. The molecule has 0 atom stereocenters. The maximum atomic E-state index is 5.66. The lowest BCUT2D eigenvalue weighted by Gasteiger charge is -2.22. The van der Waals surface area contributed by atoms with Gasteiger partial charge >= 0.3 is 0 Å². The van der Waals surface area contributed by atoms with Gasteiger partial charge in [0, 0.05) is 12.3 Å². The number of halogens is 2. The van der Waals surface area contributed by atoms with Crippen LogP contribution in [-0.4, -0.2) is 29.7 Å². The predicted molar refractivity (Wildman–Crippen MR) is 70.0 cm³/mol. The van der Waals surface area contributed by atoms with Crippen molar-refractivity contribution in [2.24, 2.45) is 5.92 Å². The van der Waals surface area contributed by atoms with E-state index in [1.807, 2.05) is 0 Å². The first kappa shape index (κ1) is 14.5. The lowest BCUT2D eigenvalue weighted by atomic mass is 9.95. The van der Waals surface area contributed by atoms with Crippen molar-refractivity contribution in [2.45, 2.75) is 19.3 Å². The molecule has 1 N–H and O–H groups in total. The molecule has 1 saturated heterocycles. The van der Waals surface area contributed by atoms with Gasteiger partial charge in [-0.05, 0) is 49.9 Å². The van der Waals surface area contributed by atoms with E-state index in [0.29, 0.717) is 12.5 Å². The molecule has 1 aliphatic heterocycles. The Balaban J connectivity index is 0.00000144. The maximum absolute atomic E-state index is 5.66. The van der Waals surface area contributed by atoms with E-state index >= 15 is 0 Å². The highest BCUT2D eigenvalue weighted by molar-refractivity contribution is 6.28. The summed E-state index contributed by atoms with van der Waals surface area (Å²) in [7, 11) is 0.